The van der Waals surface area contributed by atoms with Gasteiger partial charge in [-0.05, 0) is 17.5 Å². The van der Waals surface area contributed by atoms with Crippen LogP contribution in [0.3, 0.4) is 0 Å². The lowest BCUT2D eigenvalue weighted by atomic mass is 9.55. The number of amides is 1. The molecule has 24 heavy (non-hydrogen) atoms. The molecule has 0 aromatic heterocycles. The van der Waals surface area contributed by atoms with Crippen LogP contribution in [0, 0.1) is 22.8 Å². The quantitative estimate of drug-likeness (QED) is 0.522. The van der Waals surface area contributed by atoms with Gasteiger partial charge in [0.1, 0.15) is 0 Å². The number of aliphatic hydroxyl groups is 2. The molecule has 1 amide bonds. The van der Waals surface area contributed by atoms with Crippen molar-refractivity contribution in [2.45, 2.75) is 51.2 Å². The second-order valence-corrected chi connectivity index (χ2v) is 12.0. The minimum absolute atomic E-state index is 0.00195. The topological polar surface area (TPSA) is 81.0 Å². The van der Waals surface area contributed by atoms with Gasteiger partial charge >= 0.3 is 0 Å². The smallest absolute Gasteiger partial charge is 0.274 e. The van der Waals surface area contributed by atoms with Gasteiger partial charge in [-0.25, -0.2) is 0 Å². The van der Waals surface area contributed by atoms with Crippen LogP contribution in [0.2, 0.25) is 11.1 Å². The fourth-order valence-electron chi connectivity index (χ4n) is 3.80. The largest absolute Gasteiger partial charge is 0.421 e. The first-order valence-corrected chi connectivity index (χ1v) is 10.7. The van der Waals surface area contributed by atoms with E-state index in [1.807, 2.05) is 27.7 Å². The van der Waals surface area contributed by atoms with Gasteiger partial charge in [-0.3, -0.25) is 4.79 Å². The van der Waals surface area contributed by atoms with E-state index in [1.165, 1.54) is 0 Å². The number of fused-ring (bicyclic) bond motifs is 1. The van der Waals surface area contributed by atoms with E-state index in [-0.39, 0.29) is 42.2 Å². The zero-order valence-electron chi connectivity index (χ0n) is 15.2. The molecule has 0 saturated heterocycles. The van der Waals surface area contributed by atoms with Gasteiger partial charge in [0.05, 0.1) is 18.6 Å². The van der Waals surface area contributed by atoms with E-state index in [9.17, 15) is 19.8 Å². The summed E-state index contributed by atoms with van der Waals surface area (Å²) >= 11 is 0. The maximum absolute atomic E-state index is 12.1. The van der Waals surface area contributed by atoms with E-state index >= 15 is 0 Å². The summed E-state index contributed by atoms with van der Waals surface area (Å²) in [5.41, 5.74) is 3.11. The van der Waals surface area contributed by atoms with Crippen molar-refractivity contribution in [2.75, 3.05) is 20.3 Å². The maximum Gasteiger partial charge on any atom is 0.274 e. The summed E-state index contributed by atoms with van der Waals surface area (Å²) in [6.07, 6.45) is 2.37. The number of carbonyl (C=O) groups is 1. The van der Waals surface area contributed by atoms with Gasteiger partial charge in [0.25, 0.3) is 14.2 Å². The molecule has 0 aromatic carbocycles. The van der Waals surface area contributed by atoms with E-state index in [0.29, 0.717) is 12.0 Å². The summed E-state index contributed by atoms with van der Waals surface area (Å²) in [4.78, 5) is 24.7. The Bertz CT molecular complexity index is 596. The van der Waals surface area contributed by atoms with E-state index in [1.54, 1.807) is 18.0 Å². The Hall–Kier alpha value is -1.13. The third-order valence-electron chi connectivity index (χ3n) is 5.82. The van der Waals surface area contributed by atoms with Gasteiger partial charge in [0.2, 0.25) is 0 Å². The average molecular weight is 352 g/mol. The van der Waals surface area contributed by atoms with Crippen molar-refractivity contribution < 1.29 is 19.8 Å². The Kier molecular flexibility index (Phi) is 5.31. The highest BCUT2D eigenvalue weighted by atomic mass is 28.4. The summed E-state index contributed by atoms with van der Waals surface area (Å²) in [5, 5.41) is 19.4. The second kappa shape index (κ2) is 6.64. The zero-order chi connectivity index (χ0) is 18.3. The molecule has 0 spiro atoms. The minimum atomic E-state index is -2.75. The number of nitrogens with zero attached hydrogens (tertiary/aromatic N) is 1. The maximum atomic E-state index is 12.1. The summed E-state index contributed by atoms with van der Waals surface area (Å²) in [7, 11) is -1.02. The summed E-state index contributed by atoms with van der Waals surface area (Å²) in [6, 6.07) is 0.00195. The normalized spacial score (nSPS) is 29.8. The van der Waals surface area contributed by atoms with E-state index in [4.69, 9.17) is 0 Å². The Labute approximate surface area is 145 Å². The predicted octanol–water partition coefficient (Wildman–Crippen LogP) is 1.04. The van der Waals surface area contributed by atoms with Gasteiger partial charge in [-0.2, -0.15) is 0 Å². The predicted molar refractivity (Wildman–Crippen MR) is 95.3 cm³/mol. The van der Waals surface area contributed by atoms with Gasteiger partial charge < -0.3 is 19.9 Å². The third-order valence-corrected chi connectivity index (χ3v) is 9.87. The fraction of sp³-hybridized carbons (Fsp3) is 0.722. The van der Waals surface area contributed by atoms with E-state index in [0.717, 1.165) is 0 Å². The first-order chi connectivity index (χ1) is 11.1. The van der Waals surface area contributed by atoms with Crippen molar-refractivity contribution in [1.29, 1.82) is 0 Å². The number of carbonyl (C=O) groups excluding carboxylic acids is 1. The molecule has 3 atom stereocenters. The van der Waals surface area contributed by atoms with Crippen molar-refractivity contribution in [2.24, 2.45) is 11.3 Å². The van der Waals surface area contributed by atoms with Gasteiger partial charge in [-0.1, -0.05) is 45.2 Å². The van der Waals surface area contributed by atoms with Crippen LogP contribution in [0.4, 0.5) is 0 Å². The zero-order valence-corrected chi connectivity index (χ0v) is 16.2. The van der Waals surface area contributed by atoms with Gasteiger partial charge in [0.15, 0.2) is 0 Å². The molecule has 1 saturated carbocycles. The summed E-state index contributed by atoms with van der Waals surface area (Å²) < 4.78 is 0. The molecule has 5 nitrogen and oxygen atoms in total. The molecule has 134 valence electrons. The minimum Gasteiger partial charge on any atom is -0.421 e. The van der Waals surface area contributed by atoms with Crippen LogP contribution >= 0.6 is 0 Å². The number of hydrogen-bond acceptors (Lipinski definition) is 4. The second-order valence-electron chi connectivity index (χ2n) is 7.76. The Morgan fingerprint density at radius 1 is 1.33 bits per heavy atom. The molecule has 2 rings (SSSR count). The highest BCUT2D eigenvalue weighted by Crippen LogP contribution is 2.51. The molecule has 0 bridgehead atoms. The van der Waals surface area contributed by atoms with Crippen LogP contribution < -0.4 is 0 Å². The van der Waals surface area contributed by atoms with Crippen molar-refractivity contribution in [3.8, 4) is 11.5 Å². The summed E-state index contributed by atoms with van der Waals surface area (Å²) in [6.45, 7) is 7.55. The van der Waals surface area contributed by atoms with Crippen molar-refractivity contribution in [1.82, 2.24) is 4.90 Å². The SMILES string of the molecule is CC(C)[Si](O)(C#C[C@]1(CO)C[C@H]2[C@@H]1C=C(CO)C(=O)N2C)C(C)C. The first-order valence-electron chi connectivity index (χ1n) is 8.59. The number of rotatable bonds is 4. The van der Waals surface area contributed by atoms with Gasteiger partial charge in [-0.15, -0.1) is 0 Å². The van der Waals surface area contributed by atoms with Crippen LogP contribution in [0.1, 0.15) is 34.1 Å². The molecule has 1 aliphatic carbocycles. The third kappa shape index (κ3) is 2.84. The molecule has 1 aliphatic heterocycles. The lowest BCUT2D eigenvalue weighted by Crippen LogP contribution is -2.62. The molecule has 2 aliphatic rings. The average Bonchev–Trinajstić information content (AvgIpc) is 2.52. The van der Waals surface area contributed by atoms with Crippen LogP contribution in [-0.2, 0) is 4.79 Å². The molecule has 0 unspecified atom stereocenters. The molecule has 1 fully saturated rings. The molecule has 0 aromatic rings. The fourth-order valence-corrected chi connectivity index (χ4v) is 6.16. The van der Waals surface area contributed by atoms with Crippen molar-refractivity contribution in [3.05, 3.63) is 11.6 Å². The molecular weight excluding hydrogens is 322 g/mol. The molecular formula is C18H29NO4Si. The van der Waals surface area contributed by atoms with Gasteiger partial charge in [0, 0.05) is 24.6 Å². The highest BCUT2D eigenvalue weighted by molar-refractivity contribution is 6.82. The highest BCUT2D eigenvalue weighted by Gasteiger charge is 2.56. The van der Waals surface area contributed by atoms with Crippen LogP contribution in [0.15, 0.2) is 11.6 Å². The molecule has 6 heteroatoms. The standard InChI is InChI=1S/C18H29NO4Si/c1-12(2)24(23,13(3)4)7-6-18(11-21)9-16-15(18)8-14(10-20)17(22)19(16)5/h8,12-13,15-16,20-21,23H,9-11H2,1-5H3/t15-,16-,18+/m0/s1. The van der Waals surface area contributed by atoms with Crippen molar-refractivity contribution in [3.63, 3.8) is 0 Å². The van der Waals surface area contributed by atoms with E-state index in [2.05, 4.69) is 11.5 Å². The number of hydrogen-bond donors (Lipinski definition) is 3. The molecule has 0 radical (unpaired) electrons. The Morgan fingerprint density at radius 3 is 2.38 bits per heavy atom. The monoisotopic (exact) mass is 351 g/mol. The van der Waals surface area contributed by atoms with E-state index < -0.39 is 13.7 Å². The summed E-state index contributed by atoms with van der Waals surface area (Å²) in [5.74, 6) is 2.95. The molecule has 3 N–H and O–H groups in total. The lowest BCUT2D eigenvalue weighted by Gasteiger charge is -2.55. The Balaban J connectivity index is 2.39. The van der Waals surface area contributed by atoms with Crippen LogP contribution in [0.5, 0.6) is 0 Å². The van der Waals surface area contributed by atoms with Crippen molar-refractivity contribution >= 4 is 14.2 Å². The number of aliphatic hydroxyl groups excluding tert-OH is 2. The first kappa shape index (κ1) is 19.2. The number of likely N-dealkylation sites (N-methyl/N-ethyl adjacent to an activating group) is 1. The van der Waals surface area contributed by atoms with Crippen LogP contribution in [-0.4, -0.2) is 60.4 Å². The lowest BCUT2D eigenvalue weighted by molar-refractivity contribution is -0.138. The van der Waals surface area contributed by atoms with Crippen LogP contribution in [0.25, 0.3) is 0 Å². The molecule has 1 heterocycles. The Morgan fingerprint density at radius 2 is 1.92 bits per heavy atom.